The number of hydrazone groups is 1. The second-order valence-corrected chi connectivity index (χ2v) is 12.1. The summed E-state index contributed by atoms with van der Waals surface area (Å²) in [5, 5.41) is 6.86. The third-order valence-corrected chi connectivity index (χ3v) is 8.09. The van der Waals surface area contributed by atoms with Gasteiger partial charge in [0, 0.05) is 31.4 Å². The van der Waals surface area contributed by atoms with E-state index in [1.807, 2.05) is 30.3 Å². The average Bonchev–Trinajstić information content (AvgIpc) is 3.39. The smallest absolute Gasteiger partial charge is 0.416 e. The summed E-state index contributed by atoms with van der Waals surface area (Å²) in [6.07, 6.45) is 1.46. The van der Waals surface area contributed by atoms with E-state index in [4.69, 9.17) is 14.3 Å². The Morgan fingerprint density at radius 2 is 1.77 bits per heavy atom. The van der Waals surface area contributed by atoms with E-state index in [0.717, 1.165) is 35.0 Å². The number of nitrogens with zero attached hydrogens (tertiary/aromatic N) is 5. The highest BCUT2D eigenvalue weighted by atomic mass is 32.2. The number of amides is 3. The normalized spacial score (nSPS) is 16.4. The Labute approximate surface area is 259 Å². The van der Waals surface area contributed by atoms with Gasteiger partial charge in [0.05, 0.1) is 14.2 Å². The zero-order valence-corrected chi connectivity index (χ0v) is 26.2. The lowest BCUT2D eigenvalue weighted by Crippen LogP contribution is -2.47. The monoisotopic (exact) mass is 627 g/mol. The van der Waals surface area contributed by atoms with Crippen LogP contribution in [0.2, 0.25) is 0 Å². The number of pyridine rings is 1. The Morgan fingerprint density at radius 1 is 1.05 bits per heavy atom. The van der Waals surface area contributed by atoms with Crippen molar-refractivity contribution in [3.63, 3.8) is 0 Å². The van der Waals surface area contributed by atoms with Crippen molar-refractivity contribution in [1.29, 1.82) is 0 Å². The molecule has 0 aliphatic carbocycles. The molecule has 44 heavy (non-hydrogen) atoms. The number of carbonyl (C=O) groups is 2. The summed E-state index contributed by atoms with van der Waals surface area (Å²) < 4.78 is 40.2. The van der Waals surface area contributed by atoms with E-state index in [1.54, 1.807) is 32.9 Å². The summed E-state index contributed by atoms with van der Waals surface area (Å²) in [5.74, 6) is -0.510. The number of aromatic nitrogens is 1. The van der Waals surface area contributed by atoms with Crippen LogP contribution >= 0.6 is 11.8 Å². The van der Waals surface area contributed by atoms with Crippen LogP contribution in [0.3, 0.4) is 0 Å². The van der Waals surface area contributed by atoms with Crippen molar-refractivity contribution < 1.29 is 32.7 Å². The molecule has 1 atom stereocenters. The molecule has 0 N–H and O–H groups in total. The first-order valence-electron chi connectivity index (χ1n) is 13.8. The number of benzene rings is 2. The molecule has 1 aliphatic rings. The number of hydroxylamine groups is 2. The van der Waals surface area contributed by atoms with Crippen molar-refractivity contribution in [3.8, 4) is 5.75 Å². The number of carbonyl (C=O) groups excluding carboxylic acids is 2. The summed E-state index contributed by atoms with van der Waals surface area (Å²) >= 11 is 1.12. The van der Waals surface area contributed by atoms with E-state index in [0.29, 0.717) is 23.6 Å². The minimum Gasteiger partial charge on any atom is -0.497 e. The van der Waals surface area contributed by atoms with Crippen LogP contribution in [0.25, 0.3) is 0 Å². The van der Waals surface area contributed by atoms with Gasteiger partial charge in [-0.05, 0) is 63.4 Å². The zero-order valence-electron chi connectivity index (χ0n) is 25.4. The SMILES string of the molecule is COc1ccnc(N(CCCC2(c3ccccc3)SC(c3cc(F)ccc3F)=NN2C(=O)N(C)OC)C(=O)OC(C)(C)C)c1. The minimum absolute atomic E-state index is 0.0818. The lowest BCUT2D eigenvalue weighted by Gasteiger charge is -2.37. The number of urea groups is 1. The third-order valence-electron chi connectivity index (χ3n) is 6.65. The number of anilines is 1. The van der Waals surface area contributed by atoms with E-state index in [1.165, 1.54) is 37.4 Å². The second kappa shape index (κ2) is 13.6. The standard InChI is InChI=1S/C31H35F2N5O5S/c1-30(2,3)43-29(40)37(26-20-23(41-5)15-17-34-26)18-10-16-31(21-11-8-7-9-12-21)38(28(39)36(4)42-6)35-27(44-31)24-19-22(32)13-14-25(24)33/h7-9,11-15,17,19-20H,10,16,18H2,1-6H3. The molecule has 3 aromatic rings. The summed E-state index contributed by atoms with van der Waals surface area (Å²) in [5.41, 5.74) is -0.171. The fourth-order valence-electron chi connectivity index (χ4n) is 4.52. The molecule has 0 saturated carbocycles. The maximum Gasteiger partial charge on any atom is 0.416 e. The van der Waals surface area contributed by atoms with Crippen molar-refractivity contribution in [2.24, 2.45) is 5.10 Å². The molecule has 13 heteroatoms. The molecular formula is C31H35F2N5O5S. The lowest BCUT2D eigenvalue weighted by atomic mass is 10.00. The number of thioether (sulfide) groups is 1. The number of hydrogen-bond donors (Lipinski definition) is 0. The fourth-order valence-corrected chi connectivity index (χ4v) is 5.94. The highest BCUT2D eigenvalue weighted by Crippen LogP contribution is 2.51. The minimum atomic E-state index is -1.22. The number of hydrogen-bond acceptors (Lipinski definition) is 8. The van der Waals surface area contributed by atoms with Gasteiger partial charge in [0.2, 0.25) is 0 Å². The molecule has 234 valence electrons. The molecule has 2 aromatic carbocycles. The van der Waals surface area contributed by atoms with Gasteiger partial charge in [-0.3, -0.25) is 9.74 Å². The third kappa shape index (κ3) is 7.28. The van der Waals surface area contributed by atoms with Crippen LogP contribution in [-0.4, -0.2) is 65.6 Å². The van der Waals surface area contributed by atoms with Gasteiger partial charge < -0.3 is 9.47 Å². The van der Waals surface area contributed by atoms with Crippen LogP contribution in [0.4, 0.5) is 24.2 Å². The van der Waals surface area contributed by atoms with Crippen molar-refractivity contribution in [3.05, 3.63) is 89.6 Å². The van der Waals surface area contributed by atoms with Crippen LogP contribution < -0.4 is 9.64 Å². The van der Waals surface area contributed by atoms with Crippen LogP contribution in [-0.2, 0) is 14.4 Å². The molecule has 4 rings (SSSR count). The molecule has 1 unspecified atom stereocenters. The fraction of sp³-hybridized carbons (Fsp3) is 0.355. The van der Waals surface area contributed by atoms with E-state index < -0.39 is 34.2 Å². The molecule has 10 nitrogen and oxygen atoms in total. The largest absolute Gasteiger partial charge is 0.497 e. The van der Waals surface area contributed by atoms with Crippen molar-refractivity contribution >= 4 is 34.7 Å². The maximum atomic E-state index is 15.0. The lowest BCUT2D eigenvalue weighted by molar-refractivity contribution is -0.0805. The topological polar surface area (TPSA) is 96.8 Å². The van der Waals surface area contributed by atoms with Gasteiger partial charge in [0.1, 0.15) is 38.7 Å². The van der Waals surface area contributed by atoms with E-state index >= 15 is 0 Å². The average molecular weight is 628 g/mol. The molecule has 0 fully saturated rings. The van der Waals surface area contributed by atoms with Gasteiger partial charge in [0.25, 0.3) is 0 Å². The predicted molar refractivity (Wildman–Crippen MR) is 164 cm³/mol. The van der Waals surface area contributed by atoms with Crippen LogP contribution in [0.15, 0.2) is 72.0 Å². The molecule has 1 aliphatic heterocycles. The Bertz CT molecular complexity index is 1520. The maximum absolute atomic E-state index is 15.0. The summed E-state index contributed by atoms with van der Waals surface area (Å²) in [6.45, 7) is 5.43. The van der Waals surface area contributed by atoms with E-state index in [9.17, 15) is 18.4 Å². The van der Waals surface area contributed by atoms with Crippen molar-refractivity contribution in [2.45, 2.75) is 44.1 Å². The number of rotatable bonds is 9. The number of ether oxygens (including phenoxy) is 2. The summed E-state index contributed by atoms with van der Waals surface area (Å²) in [6, 6.07) is 14.9. The van der Waals surface area contributed by atoms with Gasteiger partial charge in [-0.2, -0.15) is 10.1 Å². The highest BCUT2D eigenvalue weighted by Gasteiger charge is 2.50. The molecule has 1 aromatic heterocycles. The Hall–Kier alpha value is -4.23. The quantitative estimate of drug-likeness (QED) is 0.242. The van der Waals surface area contributed by atoms with Crippen molar-refractivity contribution in [1.82, 2.24) is 15.1 Å². The first kappa shape index (κ1) is 32.7. The number of halogens is 2. The molecular weight excluding hydrogens is 592 g/mol. The molecule has 2 heterocycles. The predicted octanol–water partition coefficient (Wildman–Crippen LogP) is 6.77. The van der Waals surface area contributed by atoms with Gasteiger partial charge in [-0.25, -0.2) is 28.4 Å². The van der Waals surface area contributed by atoms with Gasteiger partial charge in [-0.15, -0.1) is 0 Å². The van der Waals surface area contributed by atoms with Gasteiger partial charge in [0.15, 0.2) is 0 Å². The second-order valence-electron chi connectivity index (χ2n) is 10.8. The summed E-state index contributed by atoms with van der Waals surface area (Å²) in [7, 11) is 4.28. The molecule has 0 saturated heterocycles. The van der Waals surface area contributed by atoms with Crippen LogP contribution in [0.1, 0.15) is 44.7 Å². The van der Waals surface area contributed by atoms with Gasteiger partial charge in [-0.1, -0.05) is 42.1 Å². The van der Waals surface area contributed by atoms with E-state index in [-0.39, 0.29) is 23.6 Å². The zero-order chi connectivity index (χ0) is 32.1. The van der Waals surface area contributed by atoms with Crippen LogP contribution in [0.5, 0.6) is 5.75 Å². The molecule has 3 amide bonds. The highest BCUT2D eigenvalue weighted by molar-refractivity contribution is 8.15. The first-order chi connectivity index (χ1) is 20.9. The van der Waals surface area contributed by atoms with Crippen LogP contribution in [0, 0.1) is 11.6 Å². The van der Waals surface area contributed by atoms with E-state index in [2.05, 4.69) is 10.1 Å². The Balaban J connectivity index is 1.75. The Morgan fingerprint density at radius 3 is 2.43 bits per heavy atom. The van der Waals surface area contributed by atoms with Gasteiger partial charge >= 0.3 is 12.1 Å². The first-order valence-corrected chi connectivity index (χ1v) is 14.6. The molecule has 0 radical (unpaired) electrons. The Kier molecular flexibility index (Phi) is 10.1. The van der Waals surface area contributed by atoms with Crippen molar-refractivity contribution in [2.75, 3.05) is 32.7 Å². The molecule has 0 spiro atoms. The summed E-state index contributed by atoms with van der Waals surface area (Å²) in [4.78, 5) is 36.8. The molecule has 0 bridgehead atoms. The number of methoxy groups -OCH3 is 1.